The quantitative estimate of drug-likeness (QED) is 0.722. The smallest absolute Gasteiger partial charge is 0.141 e. The molecule has 1 atom stereocenters. The van der Waals surface area contributed by atoms with E-state index in [0.717, 1.165) is 29.7 Å². The minimum absolute atomic E-state index is 0.374. The number of aromatic nitrogens is 4. The molecule has 0 spiro atoms. The van der Waals surface area contributed by atoms with Crippen molar-refractivity contribution in [1.82, 2.24) is 19.7 Å². The lowest BCUT2D eigenvalue weighted by molar-refractivity contribution is 0.155. The minimum Gasteiger partial charge on any atom is -0.268 e. The Morgan fingerprint density at radius 1 is 1.20 bits per heavy atom. The molecule has 1 aliphatic heterocycles. The molecule has 4 nitrogen and oxygen atoms in total. The first kappa shape index (κ1) is 15.9. The standard InChI is InChI=1S/C19H18F2N4/c1-19(11-20)7-4-16-17(13-5-8-22-9-6-13)18(24-25(16)12-19)15-3-2-14(21)10-23-15/h2-3,5-6,8-10H,4,7,11-12H2,1H3/t19-/m1/s1. The Kier molecular flexibility index (Phi) is 3.82. The highest BCUT2D eigenvalue weighted by Crippen LogP contribution is 2.40. The molecular weight excluding hydrogens is 322 g/mol. The summed E-state index contributed by atoms with van der Waals surface area (Å²) >= 11 is 0. The van der Waals surface area contributed by atoms with Gasteiger partial charge in [-0.05, 0) is 42.7 Å². The molecule has 0 N–H and O–H groups in total. The number of pyridine rings is 2. The van der Waals surface area contributed by atoms with Crippen molar-refractivity contribution in [2.75, 3.05) is 6.67 Å². The highest BCUT2D eigenvalue weighted by atomic mass is 19.1. The fraction of sp³-hybridized carbons (Fsp3) is 0.316. The Labute approximate surface area is 144 Å². The van der Waals surface area contributed by atoms with Crippen LogP contribution < -0.4 is 0 Å². The lowest BCUT2D eigenvalue weighted by atomic mass is 9.82. The van der Waals surface area contributed by atoms with Crippen LogP contribution in [0, 0.1) is 11.2 Å². The van der Waals surface area contributed by atoms with E-state index in [-0.39, 0.29) is 12.5 Å². The van der Waals surface area contributed by atoms with Gasteiger partial charge in [0.15, 0.2) is 0 Å². The average molecular weight is 340 g/mol. The lowest BCUT2D eigenvalue weighted by Gasteiger charge is -2.31. The number of alkyl halides is 1. The molecule has 4 heterocycles. The average Bonchev–Trinajstić information content (AvgIpc) is 3.01. The van der Waals surface area contributed by atoms with Crippen molar-refractivity contribution in [3.05, 3.63) is 54.4 Å². The molecule has 0 aliphatic carbocycles. The maximum absolute atomic E-state index is 13.5. The molecule has 0 saturated heterocycles. The highest BCUT2D eigenvalue weighted by Gasteiger charge is 2.34. The van der Waals surface area contributed by atoms with Crippen LogP contribution in [0.15, 0.2) is 42.9 Å². The second-order valence-corrected chi connectivity index (χ2v) is 6.87. The van der Waals surface area contributed by atoms with Gasteiger partial charge in [-0.2, -0.15) is 5.10 Å². The Bertz CT molecular complexity index is 890. The van der Waals surface area contributed by atoms with E-state index in [0.29, 0.717) is 17.9 Å². The van der Waals surface area contributed by atoms with E-state index in [1.807, 2.05) is 23.7 Å². The summed E-state index contributed by atoms with van der Waals surface area (Å²) in [7, 11) is 0. The first-order chi connectivity index (χ1) is 12.1. The molecule has 0 bridgehead atoms. The Hall–Kier alpha value is -2.63. The van der Waals surface area contributed by atoms with Crippen molar-refractivity contribution in [2.45, 2.75) is 26.3 Å². The lowest BCUT2D eigenvalue weighted by Crippen LogP contribution is -2.32. The van der Waals surface area contributed by atoms with Crippen LogP contribution in [0.1, 0.15) is 19.0 Å². The number of hydrogen-bond donors (Lipinski definition) is 0. The molecule has 0 radical (unpaired) electrons. The molecule has 3 aromatic rings. The SMILES string of the molecule is C[C@]1(CF)CCc2c(-c3ccncc3)c(-c3ccc(F)cn3)nn2C1. The molecule has 0 amide bonds. The molecule has 128 valence electrons. The summed E-state index contributed by atoms with van der Waals surface area (Å²) in [6.07, 6.45) is 6.16. The minimum atomic E-state index is -0.401. The number of rotatable bonds is 3. The van der Waals surface area contributed by atoms with Gasteiger partial charge >= 0.3 is 0 Å². The van der Waals surface area contributed by atoms with E-state index in [1.54, 1.807) is 18.5 Å². The summed E-state index contributed by atoms with van der Waals surface area (Å²) in [6.45, 7) is 2.10. The second kappa shape index (κ2) is 6.02. The summed E-state index contributed by atoms with van der Waals surface area (Å²) in [6, 6.07) is 6.85. The zero-order valence-corrected chi connectivity index (χ0v) is 13.9. The number of halogens is 2. The molecule has 0 unspecified atom stereocenters. The molecule has 1 aliphatic rings. The molecule has 0 fully saturated rings. The third-order valence-corrected chi connectivity index (χ3v) is 4.82. The van der Waals surface area contributed by atoms with Gasteiger partial charge in [0.1, 0.15) is 11.5 Å². The van der Waals surface area contributed by atoms with Crippen molar-refractivity contribution < 1.29 is 8.78 Å². The van der Waals surface area contributed by atoms with Crippen LogP contribution in [-0.4, -0.2) is 26.4 Å². The van der Waals surface area contributed by atoms with Gasteiger partial charge in [-0.3, -0.25) is 19.0 Å². The predicted molar refractivity (Wildman–Crippen MR) is 91.1 cm³/mol. The van der Waals surface area contributed by atoms with Crippen LogP contribution >= 0.6 is 0 Å². The maximum Gasteiger partial charge on any atom is 0.141 e. The largest absolute Gasteiger partial charge is 0.268 e. The first-order valence-corrected chi connectivity index (χ1v) is 8.28. The zero-order chi connectivity index (χ0) is 17.4. The number of fused-ring (bicyclic) bond motifs is 1. The summed E-state index contributed by atoms with van der Waals surface area (Å²) < 4.78 is 28.6. The fourth-order valence-electron chi connectivity index (χ4n) is 3.37. The normalized spacial score (nSPS) is 19.6. The van der Waals surface area contributed by atoms with E-state index in [1.165, 1.54) is 12.3 Å². The Morgan fingerprint density at radius 3 is 2.68 bits per heavy atom. The molecular formula is C19H18F2N4. The topological polar surface area (TPSA) is 43.6 Å². The van der Waals surface area contributed by atoms with E-state index < -0.39 is 5.41 Å². The van der Waals surface area contributed by atoms with Crippen LogP contribution in [0.2, 0.25) is 0 Å². The zero-order valence-electron chi connectivity index (χ0n) is 13.9. The third kappa shape index (κ3) is 2.81. The van der Waals surface area contributed by atoms with Gasteiger partial charge in [0.25, 0.3) is 0 Å². The van der Waals surface area contributed by atoms with E-state index in [9.17, 15) is 8.78 Å². The second-order valence-electron chi connectivity index (χ2n) is 6.87. The Balaban J connectivity index is 1.90. The first-order valence-electron chi connectivity index (χ1n) is 8.28. The summed E-state index contributed by atoms with van der Waals surface area (Å²) in [4.78, 5) is 8.27. The van der Waals surface area contributed by atoms with Gasteiger partial charge in [-0.1, -0.05) is 6.92 Å². The highest BCUT2D eigenvalue weighted by molar-refractivity contribution is 5.81. The number of nitrogens with zero attached hydrogens (tertiary/aromatic N) is 4. The summed E-state index contributed by atoms with van der Waals surface area (Å²) in [5.41, 5.74) is 3.94. The molecule has 3 aromatic heterocycles. The van der Waals surface area contributed by atoms with Gasteiger partial charge in [-0.15, -0.1) is 0 Å². The van der Waals surface area contributed by atoms with Crippen molar-refractivity contribution in [3.63, 3.8) is 0 Å². The van der Waals surface area contributed by atoms with Gasteiger partial charge in [0.05, 0.1) is 18.6 Å². The molecule has 4 rings (SSSR count). The van der Waals surface area contributed by atoms with Gasteiger partial charge in [0.2, 0.25) is 0 Å². The fourth-order valence-corrected chi connectivity index (χ4v) is 3.37. The van der Waals surface area contributed by atoms with Crippen molar-refractivity contribution in [2.24, 2.45) is 5.41 Å². The van der Waals surface area contributed by atoms with Crippen LogP contribution in [-0.2, 0) is 13.0 Å². The van der Waals surface area contributed by atoms with Crippen molar-refractivity contribution in [1.29, 1.82) is 0 Å². The Morgan fingerprint density at radius 2 is 2.00 bits per heavy atom. The molecule has 0 aromatic carbocycles. The van der Waals surface area contributed by atoms with Crippen LogP contribution in [0.25, 0.3) is 22.5 Å². The summed E-state index contributed by atoms with van der Waals surface area (Å²) in [5, 5.41) is 4.72. The number of hydrogen-bond acceptors (Lipinski definition) is 3. The van der Waals surface area contributed by atoms with Crippen LogP contribution in [0.4, 0.5) is 8.78 Å². The predicted octanol–water partition coefficient (Wildman–Crippen LogP) is 4.07. The van der Waals surface area contributed by atoms with Gasteiger partial charge in [0, 0.05) is 35.6 Å². The van der Waals surface area contributed by atoms with E-state index in [2.05, 4.69) is 9.97 Å². The van der Waals surface area contributed by atoms with Gasteiger partial charge in [-0.25, -0.2) is 4.39 Å². The molecule has 0 saturated carbocycles. The van der Waals surface area contributed by atoms with Crippen molar-refractivity contribution in [3.8, 4) is 22.5 Å². The monoisotopic (exact) mass is 340 g/mol. The van der Waals surface area contributed by atoms with Gasteiger partial charge < -0.3 is 0 Å². The molecule has 25 heavy (non-hydrogen) atoms. The summed E-state index contributed by atoms with van der Waals surface area (Å²) in [5.74, 6) is -0.386. The van der Waals surface area contributed by atoms with E-state index >= 15 is 0 Å². The third-order valence-electron chi connectivity index (χ3n) is 4.82. The maximum atomic E-state index is 13.5. The molecule has 6 heteroatoms. The van der Waals surface area contributed by atoms with Crippen LogP contribution in [0.3, 0.4) is 0 Å². The van der Waals surface area contributed by atoms with Crippen LogP contribution in [0.5, 0.6) is 0 Å². The van der Waals surface area contributed by atoms with Crippen molar-refractivity contribution >= 4 is 0 Å². The van der Waals surface area contributed by atoms with E-state index in [4.69, 9.17) is 5.10 Å².